The van der Waals surface area contributed by atoms with Crippen LogP contribution in [-0.2, 0) is 14.3 Å². The Bertz CT molecular complexity index is 350. The molecule has 6 nitrogen and oxygen atoms in total. The third kappa shape index (κ3) is 6.67. The van der Waals surface area contributed by atoms with Crippen molar-refractivity contribution in [3.05, 3.63) is 0 Å². The van der Waals surface area contributed by atoms with Crippen LogP contribution in [0, 0.1) is 10.8 Å². The van der Waals surface area contributed by atoms with Crippen molar-refractivity contribution >= 4 is 10.1 Å². The molecule has 0 unspecified atom stereocenters. The van der Waals surface area contributed by atoms with E-state index in [1.54, 1.807) is 0 Å². The van der Waals surface area contributed by atoms with Crippen molar-refractivity contribution in [1.29, 1.82) is 0 Å². The van der Waals surface area contributed by atoms with E-state index in [0.29, 0.717) is 0 Å². The van der Waals surface area contributed by atoms with Crippen molar-refractivity contribution in [2.75, 3.05) is 32.7 Å². The van der Waals surface area contributed by atoms with Crippen LogP contribution in [0.4, 0.5) is 0 Å². The molecule has 0 aromatic heterocycles. The molecule has 0 atom stereocenters. The second kappa shape index (κ2) is 6.99. The summed E-state index contributed by atoms with van der Waals surface area (Å²) in [5.74, 6) is 0. The average molecular weight is 298 g/mol. The minimum absolute atomic E-state index is 0. The van der Waals surface area contributed by atoms with Crippen molar-refractivity contribution in [2.24, 2.45) is 10.8 Å². The van der Waals surface area contributed by atoms with E-state index in [1.165, 1.54) is 0 Å². The predicted molar refractivity (Wildman–Crippen MR) is 72.1 cm³/mol. The van der Waals surface area contributed by atoms with Crippen molar-refractivity contribution < 1.29 is 27.9 Å². The lowest BCUT2D eigenvalue weighted by atomic mass is 10.1. The highest BCUT2D eigenvalue weighted by molar-refractivity contribution is 7.85. The maximum absolute atomic E-state index is 10.5. The van der Waals surface area contributed by atoms with Crippen LogP contribution in [-0.4, -0.2) is 56.4 Å². The highest BCUT2D eigenvalue weighted by atomic mass is 32.2. The monoisotopic (exact) mass is 298 g/mol. The van der Waals surface area contributed by atoms with Gasteiger partial charge in [0.2, 0.25) is 0 Å². The fraction of sp³-hybridized carbons (Fsp3) is 1.00. The van der Waals surface area contributed by atoms with E-state index in [-0.39, 0.29) is 44.7 Å². The molecule has 116 valence electrons. The largest absolute Gasteiger partial charge is 0.396 e. The summed E-state index contributed by atoms with van der Waals surface area (Å²) in [5, 5.41) is 25.8. The lowest BCUT2D eigenvalue weighted by molar-refractivity contribution is 0.134. The van der Waals surface area contributed by atoms with Gasteiger partial charge in [0.15, 0.2) is 0 Å². The number of hydrogen-bond acceptors (Lipinski definition) is 6. The maximum atomic E-state index is 10.5. The summed E-state index contributed by atoms with van der Waals surface area (Å²) in [5.41, 5.74) is -0.302. The molecule has 0 spiro atoms. The van der Waals surface area contributed by atoms with E-state index in [9.17, 15) is 8.42 Å². The fourth-order valence-electron chi connectivity index (χ4n) is 1.30. The van der Waals surface area contributed by atoms with E-state index in [0.717, 1.165) is 31.9 Å². The van der Waals surface area contributed by atoms with Crippen LogP contribution in [0.25, 0.3) is 0 Å². The van der Waals surface area contributed by atoms with Crippen molar-refractivity contribution in [3.8, 4) is 0 Å². The number of aliphatic hydroxyl groups is 3. The number of rotatable bonds is 6. The van der Waals surface area contributed by atoms with Gasteiger partial charge in [0.05, 0.1) is 32.7 Å². The molecule has 7 heteroatoms. The molecular formula is C12H26O6S. The van der Waals surface area contributed by atoms with Crippen molar-refractivity contribution in [1.82, 2.24) is 0 Å². The summed E-state index contributed by atoms with van der Waals surface area (Å²) < 4.78 is 25.6. The van der Waals surface area contributed by atoms with Crippen molar-refractivity contribution in [3.63, 3.8) is 0 Å². The standard InChI is InChI=1S/C6H12O4S.C5H10O2.CH4/c1-11(8,9)10-5-6(4-7)2-3-6;6-3-5(4-7)1-2-5;/h7H,2-5H2,1H3;6-7H,1-4H2;1H4. The average Bonchev–Trinajstić information content (AvgIpc) is 3.22. The molecule has 0 saturated heterocycles. The fourth-order valence-corrected chi connectivity index (χ4v) is 1.76. The first kappa shape index (κ1) is 18.8. The van der Waals surface area contributed by atoms with Crippen molar-refractivity contribution in [2.45, 2.75) is 33.1 Å². The molecule has 0 heterocycles. The Labute approximate surface area is 115 Å². The zero-order valence-electron chi connectivity index (χ0n) is 10.6. The van der Waals surface area contributed by atoms with Gasteiger partial charge in [0, 0.05) is 10.8 Å². The van der Waals surface area contributed by atoms with Gasteiger partial charge >= 0.3 is 0 Å². The van der Waals surface area contributed by atoms with Gasteiger partial charge in [-0.15, -0.1) is 0 Å². The molecule has 2 rings (SSSR count). The Balaban J connectivity index is 0.000000352. The van der Waals surface area contributed by atoms with Crippen LogP contribution in [0.5, 0.6) is 0 Å². The summed E-state index contributed by atoms with van der Waals surface area (Å²) in [4.78, 5) is 0. The summed E-state index contributed by atoms with van der Waals surface area (Å²) in [6.07, 6.45) is 4.73. The third-order valence-electron chi connectivity index (χ3n) is 3.50. The molecule has 0 bridgehead atoms. The first-order chi connectivity index (χ1) is 8.30. The number of aliphatic hydroxyl groups excluding tert-OH is 3. The zero-order valence-corrected chi connectivity index (χ0v) is 11.4. The first-order valence-corrected chi connectivity index (χ1v) is 7.79. The molecule has 3 N–H and O–H groups in total. The molecule has 2 fully saturated rings. The highest BCUT2D eigenvalue weighted by Crippen LogP contribution is 2.45. The summed E-state index contributed by atoms with van der Waals surface area (Å²) in [6.45, 7) is 0.456. The summed E-state index contributed by atoms with van der Waals surface area (Å²) in [7, 11) is -3.34. The first-order valence-electron chi connectivity index (χ1n) is 5.97. The molecule has 0 aliphatic heterocycles. The Morgan fingerprint density at radius 1 is 0.947 bits per heavy atom. The molecule has 2 aliphatic carbocycles. The van der Waals surface area contributed by atoms with Gasteiger partial charge < -0.3 is 15.3 Å². The summed E-state index contributed by atoms with van der Waals surface area (Å²) in [6, 6.07) is 0. The lowest BCUT2D eigenvalue weighted by Gasteiger charge is -2.09. The van der Waals surface area contributed by atoms with Gasteiger partial charge in [-0.1, -0.05) is 7.43 Å². The van der Waals surface area contributed by atoms with Gasteiger partial charge in [0.1, 0.15) is 0 Å². The summed E-state index contributed by atoms with van der Waals surface area (Å²) >= 11 is 0. The number of hydrogen-bond donors (Lipinski definition) is 3. The quantitative estimate of drug-likeness (QED) is 0.602. The van der Waals surface area contributed by atoms with E-state index >= 15 is 0 Å². The Morgan fingerprint density at radius 3 is 1.47 bits per heavy atom. The Kier molecular flexibility index (Phi) is 6.91. The maximum Gasteiger partial charge on any atom is 0.264 e. The highest BCUT2D eigenvalue weighted by Gasteiger charge is 2.43. The third-order valence-corrected chi connectivity index (χ3v) is 4.05. The molecule has 0 radical (unpaired) electrons. The van der Waals surface area contributed by atoms with Gasteiger partial charge in [-0.25, -0.2) is 0 Å². The molecule has 2 saturated carbocycles. The molecule has 0 aromatic rings. The normalized spacial score (nSPS) is 21.7. The molecule has 2 aliphatic rings. The molecule has 19 heavy (non-hydrogen) atoms. The van der Waals surface area contributed by atoms with Gasteiger partial charge in [0.25, 0.3) is 10.1 Å². The van der Waals surface area contributed by atoms with Crippen LogP contribution in [0.15, 0.2) is 0 Å². The smallest absolute Gasteiger partial charge is 0.264 e. The minimum Gasteiger partial charge on any atom is -0.396 e. The van der Waals surface area contributed by atoms with Crippen LogP contribution in [0.2, 0.25) is 0 Å². The molecular weight excluding hydrogens is 272 g/mol. The van der Waals surface area contributed by atoms with Gasteiger partial charge in [-0.2, -0.15) is 8.42 Å². The topological polar surface area (TPSA) is 104 Å². The van der Waals surface area contributed by atoms with Crippen LogP contribution < -0.4 is 0 Å². The SMILES string of the molecule is C.CS(=O)(=O)OCC1(CO)CC1.OCC1(CO)CC1. The van der Waals surface area contributed by atoms with Gasteiger partial charge in [-0.3, -0.25) is 4.18 Å². The lowest BCUT2D eigenvalue weighted by Crippen LogP contribution is -2.17. The van der Waals surface area contributed by atoms with Crippen LogP contribution in [0.3, 0.4) is 0 Å². The minimum atomic E-state index is -3.34. The van der Waals surface area contributed by atoms with E-state index in [2.05, 4.69) is 4.18 Å². The van der Waals surface area contributed by atoms with Gasteiger partial charge in [-0.05, 0) is 25.7 Å². The van der Waals surface area contributed by atoms with Crippen LogP contribution in [0.1, 0.15) is 33.1 Å². The van der Waals surface area contributed by atoms with E-state index < -0.39 is 10.1 Å². The predicted octanol–water partition coefficient (Wildman–Crippen LogP) is 0.122. The molecule has 0 amide bonds. The second-order valence-corrected chi connectivity index (χ2v) is 7.08. The van der Waals surface area contributed by atoms with Crippen LogP contribution >= 0.6 is 0 Å². The zero-order chi connectivity index (χ0) is 13.9. The Hall–Kier alpha value is -0.210. The molecule has 0 aromatic carbocycles. The Morgan fingerprint density at radius 2 is 1.32 bits per heavy atom. The van der Waals surface area contributed by atoms with E-state index in [1.807, 2.05) is 0 Å². The second-order valence-electron chi connectivity index (χ2n) is 5.44. The van der Waals surface area contributed by atoms with E-state index in [4.69, 9.17) is 15.3 Å².